The van der Waals surface area contributed by atoms with E-state index in [9.17, 15) is 9.18 Å². The van der Waals surface area contributed by atoms with Gasteiger partial charge in [0.25, 0.3) is 5.91 Å². The highest BCUT2D eigenvalue weighted by molar-refractivity contribution is 5.94. The molecule has 0 fully saturated rings. The molecule has 3 nitrogen and oxygen atoms in total. The highest BCUT2D eigenvalue weighted by atomic mass is 19.1. The predicted molar refractivity (Wildman–Crippen MR) is 79.3 cm³/mol. The molecular formula is C17H17FN2O. The van der Waals surface area contributed by atoms with Gasteiger partial charge < -0.3 is 10.6 Å². The van der Waals surface area contributed by atoms with Gasteiger partial charge in [0, 0.05) is 18.7 Å². The van der Waals surface area contributed by atoms with Crippen molar-refractivity contribution in [3.63, 3.8) is 0 Å². The van der Waals surface area contributed by atoms with Crippen LogP contribution in [-0.4, -0.2) is 5.91 Å². The van der Waals surface area contributed by atoms with Gasteiger partial charge in [-0.3, -0.25) is 4.79 Å². The quantitative estimate of drug-likeness (QED) is 0.910. The van der Waals surface area contributed by atoms with Gasteiger partial charge in [0.2, 0.25) is 0 Å². The first-order valence-corrected chi connectivity index (χ1v) is 7.02. The van der Waals surface area contributed by atoms with Gasteiger partial charge in [-0.15, -0.1) is 0 Å². The van der Waals surface area contributed by atoms with E-state index in [2.05, 4.69) is 10.6 Å². The Bertz CT molecular complexity index is 667. The largest absolute Gasteiger partial charge is 0.346 e. The molecule has 1 amide bonds. The third-order valence-corrected chi connectivity index (χ3v) is 3.82. The minimum absolute atomic E-state index is 0.110. The zero-order valence-corrected chi connectivity index (χ0v) is 11.8. The van der Waals surface area contributed by atoms with Crippen molar-refractivity contribution in [3.8, 4) is 0 Å². The Labute approximate surface area is 123 Å². The molecule has 2 N–H and O–H groups in total. The average Bonchev–Trinajstić information content (AvgIpc) is 2.95. The maximum Gasteiger partial charge on any atom is 0.251 e. The highest BCUT2D eigenvalue weighted by Gasteiger charge is 2.15. The van der Waals surface area contributed by atoms with Crippen molar-refractivity contribution < 1.29 is 9.18 Å². The van der Waals surface area contributed by atoms with E-state index in [-0.39, 0.29) is 17.8 Å². The van der Waals surface area contributed by atoms with Crippen LogP contribution in [-0.2, 0) is 13.1 Å². The van der Waals surface area contributed by atoms with Gasteiger partial charge in [-0.05, 0) is 47.9 Å². The van der Waals surface area contributed by atoms with Crippen molar-refractivity contribution in [2.75, 3.05) is 0 Å². The summed E-state index contributed by atoms with van der Waals surface area (Å²) in [4.78, 5) is 12.3. The number of carbonyl (C=O) groups excluding carboxylic acids is 1. The molecule has 1 atom stereocenters. The smallest absolute Gasteiger partial charge is 0.251 e. The molecule has 0 unspecified atom stereocenters. The van der Waals surface area contributed by atoms with Crippen LogP contribution in [0.1, 0.15) is 40.0 Å². The van der Waals surface area contributed by atoms with Crippen LogP contribution in [0.2, 0.25) is 0 Å². The van der Waals surface area contributed by atoms with E-state index in [1.165, 1.54) is 23.3 Å². The van der Waals surface area contributed by atoms with Crippen LogP contribution in [0.5, 0.6) is 0 Å². The lowest BCUT2D eigenvalue weighted by Gasteiger charge is -2.14. The van der Waals surface area contributed by atoms with E-state index in [0.717, 1.165) is 18.7 Å². The molecule has 3 rings (SSSR count). The molecule has 1 aliphatic rings. The van der Waals surface area contributed by atoms with Crippen LogP contribution >= 0.6 is 0 Å². The summed E-state index contributed by atoms with van der Waals surface area (Å²) < 4.78 is 12.9. The Kier molecular flexibility index (Phi) is 3.71. The Balaban J connectivity index is 1.72. The third-order valence-electron chi connectivity index (χ3n) is 3.82. The number of hydrogen-bond acceptors (Lipinski definition) is 2. The van der Waals surface area contributed by atoms with Gasteiger partial charge >= 0.3 is 0 Å². The molecule has 0 saturated heterocycles. The van der Waals surface area contributed by atoms with Crippen LogP contribution in [0.3, 0.4) is 0 Å². The normalized spacial score (nSPS) is 14.6. The minimum atomic E-state index is -0.275. The molecular weight excluding hydrogens is 267 g/mol. The first-order chi connectivity index (χ1) is 10.1. The van der Waals surface area contributed by atoms with E-state index in [0.29, 0.717) is 5.56 Å². The number of fused-ring (bicyclic) bond motifs is 1. The Morgan fingerprint density at radius 1 is 1.14 bits per heavy atom. The number of amides is 1. The maximum atomic E-state index is 12.9. The predicted octanol–water partition coefficient (Wildman–Crippen LogP) is 2.92. The first-order valence-electron chi connectivity index (χ1n) is 7.02. The van der Waals surface area contributed by atoms with Crippen LogP contribution in [0, 0.1) is 5.82 Å². The second kappa shape index (κ2) is 5.66. The topological polar surface area (TPSA) is 41.1 Å². The molecule has 0 aromatic heterocycles. The number of benzene rings is 2. The van der Waals surface area contributed by atoms with Crippen molar-refractivity contribution >= 4 is 5.91 Å². The van der Waals surface area contributed by atoms with E-state index in [4.69, 9.17) is 0 Å². The van der Waals surface area contributed by atoms with E-state index < -0.39 is 0 Å². The number of halogens is 1. The second-order valence-electron chi connectivity index (χ2n) is 5.33. The van der Waals surface area contributed by atoms with Gasteiger partial charge in [-0.2, -0.15) is 0 Å². The first kappa shape index (κ1) is 13.8. The summed E-state index contributed by atoms with van der Waals surface area (Å²) in [6.45, 7) is 3.56. The zero-order chi connectivity index (χ0) is 14.8. The molecule has 2 aromatic carbocycles. The molecule has 0 radical (unpaired) electrons. The van der Waals surface area contributed by atoms with Crippen LogP contribution in [0.25, 0.3) is 0 Å². The molecule has 108 valence electrons. The third kappa shape index (κ3) is 2.95. The fourth-order valence-electron chi connectivity index (χ4n) is 2.55. The van der Waals surface area contributed by atoms with Crippen molar-refractivity contribution in [1.82, 2.24) is 10.6 Å². The zero-order valence-electron chi connectivity index (χ0n) is 11.8. The summed E-state index contributed by atoms with van der Waals surface area (Å²) in [6.07, 6.45) is 0. The summed E-state index contributed by atoms with van der Waals surface area (Å²) in [6, 6.07) is 11.8. The van der Waals surface area contributed by atoms with Crippen molar-refractivity contribution in [2.45, 2.75) is 26.1 Å². The number of hydrogen-bond donors (Lipinski definition) is 2. The summed E-state index contributed by atoms with van der Waals surface area (Å²) in [5.74, 6) is -0.384. The molecule has 2 aromatic rings. The lowest BCUT2D eigenvalue weighted by atomic mass is 10.0. The maximum absolute atomic E-state index is 12.9. The van der Waals surface area contributed by atoms with Gasteiger partial charge in [0.05, 0.1) is 6.04 Å². The van der Waals surface area contributed by atoms with Crippen LogP contribution in [0.15, 0.2) is 42.5 Å². The Morgan fingerprint density at radius 3 is 2.62 bits per heavy atom. The van der Waals surface area contributed by atoms with E-state index in [1.54, 1.807) is 12.1 Å². The Hall–Kier alpha value is -2.20. The number of nitrogens with one attached hydrogen (secondary N) is 2. The van der Waals surface area contributed by atoms with Crippen molar-refractivity contribution in [3.05, 3.63) is 70.5 Å². The molecule has 4 heteroatoms. The molecule has 1 aliphatic heterocycles. The second-order valence-corrected chi connectivity index (χ2v) is 5.33. The van der Waals surface area contributed by atoms with Crippen molar-refractivity contribution in [2.24, 2.45) is 0 Å². The molecule has 0 saturated carbocycles. The van der Waals surface area contributed by atoms with Gasteiger partial charge in [0.1, 0.15) is 5.82 Å². The van der Waals surface area contributed by atoms with E-state index >= 15 is 0 Å². The van der Waals surface area contributed by atoms with Crippen LogP contribution in [0.4, 0.5) is 4.39 Å². The fraction of sp³-hybridized carbons (Fsp3) is 0.235. The van der Waals surface area contributed by atoms with Crippen LogP contribution < -0.4 is 10.6 Å². The summed E-state index contributed by atoms with van der Waals surface area (Å²) in [5.41, 5.74) is 3.97. The van der Waals surface area contributed by atoms with Gasteiger partial charge in [-0.25, -0.2) is 4.39 Å². The SMILES string of the molecule is C[C@@H](NC(=O)c1ccc2c(c1)CNC2)c1ccc(F)cc1. The number of carbonyl (C=O) groups is 1. The van der Waals surface area contributed by atoms with Gasteiger partial charge in [0.15, 0.2) is 0 Å². The Morgan fingerprint density at radius 2 is 1.86 bits per heavy atom. The average molecular weight is 284 g/mol. The minimum Gasteiger partial charge on any atom is -0.346 e. The van der Waals surface area contributed by atoms with Crippen molar-refractivity contribution in [1.29, 1.82) is 0 Å². The number of rotatable bonds is 3. The standard InChI is InChI=1S/C17H17FN2O/c1-11(12-4-6-16(18)7-5-12)20-17(21)13-2-3-14-9-19-10-15(14)8-13/h2-8,11,19H,9-10H2,1H3,(H,20,21)/t11-/m1/s1. The molecule has 1 heterocycles. The summed E-state index contributed by atoms with van der Waals surface area (Å²) in [7, 11) is 0. The molecule has 0 bridgehead atoms. The fourth-order valence-corrected chi connectivity index (χ4v) is 2.55. The molecule has 0 aliphatic carbocycles. The summed E-state index contributed by atoms with van der Waals surface area (Å²) >= 11 is 0. The lowest BCUT2D eigenvalue weighted by molar-refractivity contribution is 0.0940. The van der Waals surface area contributed by atoms with Gasteiger partial charge in [-0.1, -0.05) is 18.2 Å². The monoisotopic (exact) mass is 284 g/mol. The molecule has 0 spiro atoms. The highest BCUT2D eigenvalue weighted by Crippen LogP contribution is 2.18. The van der Waals surface area contributed by atoms with E-state index in [1.807, 2.05) is 25.1 Å². The molecule has 21 heavy (non-hydrogen) atoms. The lowest BCUT2D eigenvalue weighted by Crippen LogP contribution is -2.26. The summed E-state index contributed by atoms with van der Waals surface area (Å²) in [5, 5.41) is 6.20.